The van der Waals surface area contributed by atoms with Gasteiger partial charge in [-0.2, -0.15) is 13.2 Å². The average Bonchev–Trinajstić information content (AvgIpc) is 2.33. The zero-order valence-electron chi connectivity index (χ0n) is 9.62. The first-order valence-electron chi connectivity index (χ1n) is 5.39. The van der Waals surface area contributed by atoms with Gasteiger partial charge in [-0.25, -0.2) is 4.39 Å². The van der Waals surface area contributed by atoms with Crippen LogP contribution in [0.2, 0.25) is 0 Å². The Kier molecular flexibility index (Phi) is 3.74. The van der Waals surface area contributed by atoms with E-state index >= 15 is 0 Å². The van der Waals surface area contributed by atoms with E-state index in [9.17, 15) is 17.6 Å². The number of para-hydroxylation sites is 1. The quantitative estimate of drug-likeness (QED) is 0.732. The molecule has 0 unspecified atom stereocenters. The summed E-state index contributed by atoms with van der Waals surface area (Å²) in [5.74, 6) is -0.613. The molecular formula is C14H9F4O. The van der Waals surface area contributed by atoms with Gasteiger partial charge in [0.05, 0.1) is 6.42 Å². The minimum atomic E-state index is -4.46. The van der Waals surface area contributed by atoms with E-state index in [4.69, 9.17) is 4.74 Å². The summed E-state index contributed by atoms with van der Waals surface area (Å²) < 4.78 is 55.3. The Morgan fingerprint density at radius 2 is 1.63 bits per heavy atom. The summed E-state index contributed by atoms with van der Waals surface area (Å²) >= 11 is 0. The summed E-state index contributed by atoms with van der Waals surface area (Å²) in [6.07, 6.45) is -4.37. The van der Waals surface area contributed by atoms with Crippen molar-refractivity contribution in [2.24, 2.45) is 0 Å². The number of alkyl halides is 3. The summed E-state index contributed by atoms with van der Waals surface area (Å²) in [6.45, 7) is 0. The van der Waals surface area contributed by atoms with E-state index < -0.39 is 12.0 Å². The fourth-order valence-corrected chi connectivity index (χ4v) is 1.49. The minimum absolute atomic E-state index is 0.0876. The van der Waals surface area contributed by atoms with Gasteiger partial charge in [0, 0.05) is 0 Å². The van der Waals surface area contributed by atoms with Gasteiger partial charge < -0.3 is 4.74 Å². The molecule has 2 aromatic carbocycles. The van der Waals surface area contributed by atoms with Gasteiger partial charge in [0.1, 0.15) is 5.75 Å². The molecule has 0 N–H and O–H groups in total. The summed E-state index contributed by atoms with van der Waals surface area (Å²) in [4.78, 5) is 0. The normalized spacial score (nSPS) is 11.4. The maximum absolute atomic E-state index is 13.5. The Morgan fingerprint density at radius 1 is 0.947 bits per heavy atom. The van der Waals surface area contributed by atoms with Crippen molar-refractivity contribution < 1.29 is 22.3 Å². The molecule has 5 heteroatoms. The summed E-state index contributed by atoms with van der Waals surface area (Å²) in [6, 6.07) is 11.3. The maximum atomic E-state index is 13.5. The molecule has 0 fully saturated rings. The molecule has 0 amide bonds. The van der Waals surface area contributed by atoms with Crippen LogP contribution in [0.5, 0.6) is 11.5 Å². The average molecular weight is 269 g/mol. The van der Waals surface area contributed by atoms with Crippen LogP contribution in [-0.2, 0) is 0 Å². The van der Waals surface area contributed by atoms with Crippen LogP contribution >= 0.6 is 0 Å². The van der Waals surface area contributed by atoms with Crippen LogP contribution in [0, 0.1) is 12.2 Å². The van der Waals surface area contributed by atoms with Crippen molar-refractivity contribution in [3.05, 3.63) is 66.3 Å². The Labute approximate surface area is 107 Å². The molecule has 0 aromatic heterocycles. The van der Waals surface area contributed by atoms with Gasteiger partial charge in [-0.05, 0) is 29.8 Å². The topological polar surface area (TPSA) is 9.23 Å². The molecule has 0 saturated carbocycles. The highest BCUT2D eigenvalue weighted by Gasteiger charge is 2.28. The second kappa shape index (κ2) is 5.30. The second-order valence-corrected chi connectivity index (χ2v) is 3.79. The van der Waals surface area contributed by atoms with Crippen molar-refractivity contribution in [3.8, 4) is 11.5 Å². The van der Waals surface area contributed by atoms with Gasteiger partial charge in [-0.15, -0.1) is 0 Å². The van der Waals surface area contributed by atoms with Crippen LogP contribution in [0.15, 0.2) is 48.5 Å². The van der Waals surface area contributed by atoms with Gasteiger partial charge in [-0.1, -0.05) is 24.3 Å². The van der Waals surface area contributed by atoms with Crippen molar-refractivity contribution in [1.29, 1.82) is 0 Å². The third-order valence-corrected chi connectivity index (χ3v) is 2.26. The van der Waals surface area contributed by atoms with Crippen molar-refractivity contribution in [2.45, 2.75) is 6.18 Å². The van der Waals surface area contributed by atoms with E-state index in [1.807, 2.05) is 0 Å². The molecule has 0 bridgehead atoms. The minimum Gasteiger partial charge on any atom is -0.454 e. The highest BCUT2D eigenvalue weighted by Crippen LogP contribution is 2.29. The molecule has 0 saturated heterocycles. The van der Waals surface area contributed by atoms with E-state index in [1.54, 1.807) is 30.3 Å². The highest BCUT2D eigenvalue weighted by atomic mass is 19.4. The third kappa shape index (κ3) is 3.98. The van der Waals surface area contributed by atoms with Crippen molar-refractivity contribution in [1.82, 2.24) is 0 Å². The molecule has 19 heavy (non-hydrogen) atoms. The lowest BCUT2D eigenvalue weighted by atomic mass is 10.1. The van der Waals surface area contributed by atoms with Crippen LogP contribution in [0.3, 0.4) is 0 Å². The van der Waals surface area contributed by atoms with Crippen LogP contribution in [0.4, 0.5) is 17.6 Å². The summed E-state index contributed by atoms with van der Waals surface area (Å²) in [7, 11) is 0. The van der Waals surface area contributed by atoms with Crippen molar-refractivity contribution >= 4 is 0 Å². The smallest absolute Gasteiger partial charge is 0.396 e. The van der Waals surface area contributed by atoms with Gasteiger partial charge >= 0.3 is 6.18 Å². The third-order valence-electron chi connectivity index (χ3n) is 2.26. The first-order chi connectivity index (χ1) is 8.94. The van der Waals surface area contributed by atoms with Crippen LogP contribution in [-0.4, -0.2) is 6.18 Å². The fraction of sp³-hybridized carbons (Fsp3) is 0.0714. The molecule has 0 heterocycles. The van der Waals surface area contributed by atoms with E-state index in [1.165, 1.54) is 0 Å². The number of halogens is 4. The molecule has 1 radical (unpaired) electrons. The van der Waals surface area contributed by atoms with Crippen LogP contribution in [0.1, 0.15) is 5.56 Å². The summed E-state index contributed by atoms with van der Waals surface area (Å²) in [5, 5.41) is 0. The number of rotatable bonds is 3. The van der Waals surface area contributed by atoms with E-state index in [2.05, 4.69) is 0 Å². The van der Waals surface area contributed by atoms with Crippen LogP contribution in [0.25, 0.3) is 0 Å². The largest absolute Gasteiger partial charge is 0.454 e. The number of benzene rings is 2. The monoisotopic (exact) mass is 269 g/mol. The Morgan fingerprint density at radius 3 is 2.26 bits per heavy atom. The molecule has 1 nitrogen and oxygen atoms in total. The number of ether oxygens (including phenoxy) is 1. The standard InChI is InChI=1S/C14H9F4O/c15-12-7-6-10(9-14(16,17)18)8-13(12)19-11-4-2-1-3-5-11/h1-9H. The van der Waals surface area contributed by atoms with Gasteiger partial charge in [0.2, 0.25) is 0 Å². The fourth-order valence-electron chi connectivity index (χ4n) is 1.49. The Hall–Kier alpha value is -2.04. The molecule has 0 spiro atoms. The Bertz CT molecular complexity index is 549. The van der Waals surface area contributed by atoms with Gasteiger partial charge in [0.15, 0.2) is 11.6 Å². The molecule has 2 rings (SSSR count). The molecule has 0 aliphatic rings. The zero-order chi connectivity index (χ0) is 13.9. The number of hydrogen-bond acceptors (Lipinski definition) is 1. The summed E-state index contributed by atoms with van der Waals surface area (Å²) in [5.41, 5.74) is -0.167. The van der Waals surface area contributed by atoms with E-state index in [0.717, 1.165) is 18.2 Å². The highest BCUT2D eigenvalue weighted by molar-refractivity contribution is 5.38. The molecule has 0 atom stereocenters. The molecule has 99 valence electrons. The maximum Gasteiger partial charge on any atom is 0.396 e. The van der Waals surface area contributed by atoms with E-state index in [-0.39, 0.29) is 17.7 Å². The van der Waals surface area contributed by atoms with Crippen molar-refractivity contribution in [2.75, 3.05) is 0 Å². The lowest BCUT2D eigenvalue weighted by Gasteiger charge is -2.10. The second-order valence-electron chi connectivity index (χ2n) is 3.79. The molecule has 0 aliphatic carbocycles. The van der Waals surface area contributed by atoms with Crippen molar-refractivity contribution in [3.63, 3.8) is 0 Å². The first kappa shape index (κ1) is 13.4. The number of hydrogen-bond donors (Lipinski definition) is 0. The predicted molar refractivity (Wildman–Crippen MR) is 62.4 cm³/mol. The van der Waals surface area contributed by atoms with Gasteiger partial charge in [0.25, 0.3) is 0 Å². The molecular weight excluding hydrogens is 260 g/mol. The molecule has 2 aromatic rings. The Balaban J connectivity index is 2.23. The lowest BCUT2D eigenvalue weighted by Crippen LogP contribution is -2.08. The van der Waals surface area contributed by atoms with Crippen LogP contribution < -0.4 is 4.74 Å². The molecule has 0 aliphatic heterocycles. The van der Waals surface area contributed by atoms with Gasteiger partial charge in [-0.3, -0.25) is 0 Å². The van der Waals surface area contributed by atoms with E-state index in [0.29, 0.717) is 5.75 Å². The SMILES string of the molecule is Fc1ccc([CH]C(F)(F)F)cc1Oc1ccccc1. The first-order valence-corrected chi connectivity index (χ1v) is 5.39. The predicted octanol–water partition coefficient (Wildman–Crippen LogP) is 4.73. The zero-order valence-corrected chi connectivity index (χ0v) is 9.62. The lowest BCUT2D eigenvalue weighted by molar-refractivity contribution is -0.0927.